The summed E-state index contributed by atoms with van der Waals surface area (Å²) < 4.78 is 4.55. The summed E-state index contributed by atoms with van der Waals surface area (Å²) in [4.78, 5) is 10.7. The van der Waals surface area contributed by atoms with Crippen molar-refractivity contribution in [2.45, 2.75) is 40.0 Å². The van der Waals surface area contributed by atoms with E-state index in [1.165, 1.54) is 7.11 Å². The molecule has 0 N–H and O–H groups in total. The van der Waals surface area contributed by atoms with Crippen molar-refractivity contribution in [3.05, 3.63) is 0 Å². The van der Waals surface area contributed by atoms with Gasteiger partial charge in [-0.15, -0.1) is 0 Å². The van der Waals surface area contributed by atoms with Gasteiger partial charge in [-0.1, -0.05) is 20.8 Å². The molecule has 0 spiro atoms. The summed E-state index contributed by atoms with van der Waals surface area (Å²) in [7, 11) is 1.44. The Labute approximate surface area is 75.3 Å². The van der Waals surface area contributed by atoms with Gasteiger partial charge in [0.1, 0.15) is 0 Å². The molecule has 0 saturated heterocycles. The largest absolute Gasteiger partial charge is 0.469 e. The second-order valence-corrected chi connectivity index (χ2v) is 3.69. The highest BCUT2D eigenvalue weighted by Gasteiger charge is 2.07. The third kappa shape index (κ3) is 5.16. The van der Waals surface area contributed by atoms with Crippen LogP contribution in [-0.4, -0.2) is 13.1 Å². The molecule has 0 radical (unpaired) electrons. The first kappa shape index (κ1) is 11.5. The molecule has 0 amide bonds. The molecule has 0 aromatic heterocycles. The van der Waals surface area contributed by atoms with Gasteiger partial charge in [0.05, 0.1) is 7.11 Å². The van der Waals surface area contributed by atoms with Crippen molar-refractivity contribution in [1.29, 1.82) is 0 Å². The maximum atomic E-state index is 10.7. The van der Waals surface area contributed by atoms with Crippen LogP contribution in [0.2, 0.25) is 0 Å². The van der Waals surface area contributed by atoms with Crippen molar-refractivity contribution in [2.75, 3.05) is 7.11 Å². The number of ether oxygens (including phenoxy) is 1. The van der Waals surface area contributed by atoms with Gasteiger partial charge in [0.25, 0.3) is 0 Å². The lowest BCUT2D eigenvalue weighted by molar-refractivity contribution is -0.140. The molecule has 0 bridgehead atoms. The highest BCUT2D eigenvalue weighted by Crippen LogP contribution is 2.16. The molecule has 0 fully saturated rings. The van der Waals surface area contributed by atoms with Crippen LogP contribution >= 0.6 is 0 Å². The molecule has 0 aromatic rings. The Morgan fingerprint density at radius 1 is 1.33 bits per heavy atom. The Hall–Kier alpha value is -0.530. The molecular weight excluding hydrogens is 152 g/mol. The van der Waals surface area contributed by atoms with Crippen LogP contribution in [0.25, 0.3) is 0 Å². The summed E-state index contributed by atoms with van der Waals surface area (Å²) in [5, 5.41) is 0. The van der Waals surface area contributed by atoms with Crippen LogP contribution in [0.4, 0.5) is 0 Å². The van der Waals surface area contributed by atoms with Crippen LogP contribution in [0, 0.1) is 11.8 Å². The van der Waals surface area contributed by atoms with Gasteiger partial charge in [-0.3, -0.25) is 4.79 Å². The average molecular weight is 172 g/mol. The van der Waals surface area contributed by atoms with Crippen molar-refractivity contribution in [2.24, 2.45) is 11.8 Å². The smallest absolute Gasteiger partial charge is 0.305 e. The first-order valence-corrected chi connectivity index (χ1v) is 4.64. The normalized spacial score (nSPS) is 13.1. The molecule has 1 atom stereocenters. The Morgan fingerprint density at radius 3 is 2.33 bits per heavy atom. The molecule has 0 saturated carbocycles. The van der Waals surface area contributed by atoms with Gasteiger partial charge < -0.3 is 4.74 Å². The van der Waals surface area contributed by atoms with E-state index in [1.807, 2.05) is 0 Å². The standard InChI is InChI=1S/C10H20O2/c1-8(2)9(3)6-5-7-10(11)12-4/h8-9H,5-7H2,1-4H3. The third-order valence-electron chi connectivity index (χ3n) is 2.41. The van der Waals surface area contributed by atoms with Gasteiger partial charge >= 0.3 is 5.97 Å². The molecule has 2 heteroatoms. The number of hydrogen-bond acceptors (Lipinski definition) is 2. The first-order chi connectivity index (χ1) is 5.57. The number of methoxy groups -OCH3 is 1. The predicted molar refractivity (Wildman–Crippen MR) is 49.9 cm³/mol. The lowest BCUT2D eigenvalue weighted by Crippen LogP contribution is -2.06. The Kier molecular flexibility index (Phi) is 5.77. The van der Waals surface area contributed by atoms with Crippen LogP contribution in [-0.2, 0) is 9.53 Å². The molecule has 12 heavy (non-hydrogen) atoms. The average Bonchev–Trinajstić information content (AvgIpc) is 2.03. The van der Waals surface area contributed by atoms with Crippen molar-refractivity contribution in [3.8, 4) is 0 Å². The number of hydrogen-bond donors (Lipinski definition) is 0. The lowest BCUT2D eigenvalue weighted by Gasteiger charge is -2.14. The van der Waals surface area contributed by atoms with E-state index in [0.29, 0.717) is 18.3 Å². The number of esters is 1. The Balaban J connectivity index is 3.37. The fraction of sp³-hybridized carbons (Fsp3) is 0.900. The van der Waals surface area contributed by atoms with Crippen molar-refractivity contribution >= 4 is 5.97 Å². The molecule has 0 rings (SSSR count). The fourth-order valence-corrected chi connectivity index (χ4v) is 1.00. The van der Waals surface area contributed by atoms with Gasteiger partial charge in [-0.05, 0) is 24.7 Å². The van der Waals surface area contributed by atoms with Gasteiger partial charge in [0.15, 0.2) is 0 Å². The molecular formula is C10H20O2. The molecule has 1 unspecified atom stereocenters. The minimum absolute atomic E-state index is 0.0917. The highest BCUT2D eigenvalue weighted by atomic mass is 16.5. The van der Waals surface area contributed by atoms with Crippen LogP contribution in [0.1, 0.15) is 40.0 Å². The van der Waals surface area contributed by atoms with Crippen molar-refractivity contribution < 1.29 is 9.53 Å². The minimum Gasteiger partial charge on any atom is -0.469 e. The molecule has 2 nitrogen and oxygen atoms in total. The fourth-order valence-electron chi connectivity index (χ4n) is 1.00. The summed E-state index contributed by atoms with van der Waals surface area (Å²) in [5.41, 5.74) is 0. The summed E-state index contributed by atoms with van der Waals surface area (Å²) in [6.45, 7) is 6.65. The van der Waals surface area contributed by atoms with Crippen LogP contribution in [0.3, 0.4) is 0 Å². The van der Waals surface area contributed by atoms with Gasteiger partial charge in [0.2, 0.25) is 0 Å². The quantitative estimate of drug-likeness (QED) is 0.596. The molecule has 0 aliphatic heterocycles. The first-order valence-electron chi connectivity index (χ1n) is 4.64. The van der Waals surface area contributed by atoms with Crippen LogP contribution < -0.4 is 0 Å². The number of carbonyl (C=O) groups excluding carboxylic acids is 1. The van der Waals surface area contributed by atoms with E-state index in [4.69, 9.17) is 0 Å². The molecule has 0 aliphatic carbocycles. The predicted octanol–water partition coefficient (Wildman–Crippen LogP) is 2.62. The second kappa shape index (κ2) is 6.04. The van der Waals surface area contributed by atoms with E-state index < -0.39 is 0 Å². The summed E-state index contributed by atoms with van der Waals surface area (Å²) in [6, 6.07) is 0. The third-order valence-corrected chi connectivity index (χ3v) is 2.41. The summed E-state index contributed by atoms with van der Waals surface area (Å²) >= 11 is 0. The van der Waals surface area contributed by atoms with E-state index in [1.54, 1.807) is 0 Å². The summed E-state index contributed by atoms with van der Waals surface area (Å²) in [6.07, 6.45) is 2.63. The SMILES string of the molecule is COC(=O)CCCC(C)C(C)C. The Bertz CT molecular complexity index is 130. The van der Waals surface area contributed by atoms with E-state index in [2.05, 4.69) is 25.5 Å². The van der Waals surface area contributed by atoms with Crippen LogP contribution in [0.15, 0.2) is 0 Å². The zero-order valence-corrected chi connectivity index (χ0v) is 8.59. The number of rotatable bonds is 5. The van der Waals surface area contributed by atoms with Gasteiger partial charge in [-0.25, -0.2) is 0 Å². The van der Waals surface area contributed by atoms with E-state index in [0.717, 1.165) is 12.8 Å². The van der Waals surface area contributed by atoms with Gasteiger partial charge in [-0.2, -0.15) is 0 Å². The second-order valence-electron chi connectivity index (χ2n) is 3.69. The monoisotopic (exact) mass is 172 g/mol. The zero-order valence-electron chi connectivity index (χ0n) is 8.59. The Morgan fingerprint density at radius 2 is 1.92 bits per heavy atom. The van der Waals surface area contributed by atoms with E-state index in [9.17, 15) is 4.79 Å². The zero-order chi connectivity index (χ0) is 9.56. The van der Waals surface area contributed by atoms with Crippen molar-refractivity contribution in [1.82, 2.24) is 0 Å². The van der Waals surface area contributed by atoms with Crippen molar-refractivity contribution in [3.63, 3.8) is 0 Å². The summed E-state index contributed by atoms with van der Waals surface area (Å²) in [5.74, 6) is 1.32. The molecule has 0 aromatic carbocycles. The van der Waals surface area contributed by atoms with Gasteiger partial charge in [0, 0.05) is 6.42 Å². The minimum atomic E-state index is -0.0917. The molecule has 0 aliphatic rings. The van der Waals surface area contributed by atoms with Crippen LogP contribution in [0.5, 0.6) is 0 Å². The number of carbonyl (C=O) groups is 1. The van der Waals surface area contributed by atoms with E-state index in [-0.39, 0.29) is 5.97 Å². The maximum absolute atomic E-state index is 10.7. The molecule has 72 valence electrons. The molecule has 0 heterocycles. The lowest BCUT2D eigenvalue weighted by atomic mass is 9.93. The van der Waals surface area contributed by atoms with E-state index >= 15 is 0 Å². The topological polar surface area (TPSA) is 26.3 Å². The maximum Gasteiger partial charge on any atom is 0.305 e. The highest BCUT2D eigenvalue weighted by molar-refractivity contribution is 5.68.